The zero-order chi connectivity index (χ0) is 14.4. The smallest absolute Gasteiger partial charge is 0.115 e. The molecule has 0 saturated carbocycles. The molecule has 0 aliphatic rings. The first-order valence-corrected chi connectivity index (χ1v) is 7.92. The molecule has 0 amide bonds. The van der Waals surface area contributed by atoms with Gasteiger partial charge in [0.05, 0.1) is 11.1 Å². The molecule has 2 rings (SSSR count). The Labute approximate surface area is 124 Å². The lowest BCUT2D eigenvalue weighted by Gasteiger charge is -2.17. The Bertz CT molecular complexity index is 615. The summed E-state index contributed by atoms with van der Waals surface area (Å²) in [5, 5.41) is 11.1. The van der Waals surface area contributed by atoms with Crippen LogP contribution in [0.5, 0.6) is 0 Å². The molecular formula is C16H19N3S. The normalized spacial score (nSPS) is 10.9. The number of aromatic nitrogens is 1. The SMILES string of the molecule is CCN(CC)CCSc1nc2ccccc2cc1C#N. The average Bonchev–Trinajstić information content (AvgIpc) is 2.50. The van der Waals surface area contributed by atoms with Crippen molar-refractivity contribution in [3.05, 3.63) is 35.9 Å². The highest BCUT2D eigenvalue weighted by atomic mass is 32.2. The summed E-state index contributed by atoms with van der Waals surface area (Å²) in [6.07, 6.45) is 0. The molecule has 0 aliphatic carbocycles. The van der Waals surface area contributed by atoms with Gasteiger partial charge in [-0.25, -0.2) is 4.98 Å². The van der Waals surface area contributed by atoms with Gasteiger partial charge in [-0.1, -0.05) is 32.0 Å². The van der Waals surface area contributed by atoms with Crippen molar-refractivity contribution in [2.24, 2.45) is 0 Å². The molecule has 0 unspecified atom stereocenters. The molecule has 3 nitrogen and oxygen atoms in total. The molecule has 2 aromatic rings. The molecule has 0 N–H and O–H groups in total. The minimum absolute atomic E-state index is 0.674. The van der Waals surface area contributed by atoms with Crippen LogP contribution < -0.4 is 0 Å². The molecule has 0 radical (unpaired) electrons. The number of benzene rings is 1. The molecule has 0 saturated heterocycles. The van der Waals surface area contributed by atoms with E-state index in [0.29, 0.717) is 5.56 Å². The van der Waals surface area contributed by atoms with Gasteiger partial charge in [0.1, 0.15) is 11.1 Å². The fourth-order valence-corrected chi connectivity index (χ4v) is 3.07. The van der Waals surface area contributed by atoms with Gasteiger partial charge in [-0.15, -0.1) is 11.8 Å². The standard InChI is InChI=1S/C16H19N3S/c1-3-19(4-2)9-10-20-16-14(12-17)11-13-7-5-6-8-15(13)18-16/h5-8,11H,3-4,9-10H2,1-2H3. The summed E-state index contributed by atoms with van der Waals surface area (Å²) < 4.78 is 0. The zero-order valence-electron chi connectivity index (χ0n) is 12.0. The van der Waals surface area contributed by atoms with Gasteiger partial charge in [-0.05, 0) is 25.2 Å². The summed E-state index contributed by atoms with van der Waals surface area (Å²) in [5.74, 6) is 0.960. The van der Waals surface area contributed by atoms with Crippen LogP contribution in [0.15, 0.2) is 35.4 Å². The number of hydrogen-bond acceptors (Lipinski definition) is 4. The number of para-hydroxylation sites is 1. The lowest BCUT2D eigenvalue weighted by atomic mass is 10.2. The van der Waals surface area contributed by atoms with E-state index in [1.54, 1.807) is 11.8 Å². The van der Waals surface area contributed by atoms with Gasteiger partial charge in [0, 0.05) is 17.7 Å². The second kappa shape index (κ2) is 7.28. The monoisotopic (exact) mass is 285 g/mol. The summed E-state index contributed by atoms with van der Waals surface area (Å²) in [4.78, 5) is 6.99. The molecule has 1 aromatic carbocycles. The Morgan fingerprint density at radius 1 is 1.25 bits per heavy atom. The van der Waals surface area contributed by atoms with Gasteiger partial charge >= 0.3 is 0 Å². The first-order valence-electron chi connectivity index (χ1n) is 6.93. The molecule has 0 bridgehead atoms. The minimum atomic E-state index is 0.674. The first kappa shape index (κ1) is 14.8. The maximum atomic E-state index is 9.27. The Morgan fingerprint density at radius 2 is 2.00 bits per heavy atom. The van der Waals surface area contributed by atoms with Gasteiger partial charge < -0.3 is 4.90 Å². The molecule has 1 heterocycles. The van der Waals surface area contributed by atoms with Crippen molar-refractivity contribution >= 4 is 22.7 Å². The van der Waals surface area contributed by atoms with Crippen molar-refractivity contribution in [2.75, 3.05) is 25.4 Å². The Kier molecular flexibility index (Phi) is 5.40. The molecule has 20 heavy (non-hydrogen) atoms. The van der Waals surface area contributed by atoms with Gasteiger partial charge in [-0.3, -0.25) is 0 Å². The molecule has 0 atom stereocenters. The van der Waals surface area contributed by atoms with Crippen molar-refractivity contribution in [1.29, 1.82) is 5.26 Å². The number of nitriles is 1. The zero-order valence-corrected chi connectivity index (χ0v) is 12.8. The van der Waals surface area contributed by atoms with E-state index in [2.05, 4.69) is 29.8 Å². The quantitative estimate of drug-likeness (QED) is 0.761. The number of hydrogen-bond donors (Lipinski definition) is 0. The number of nitrogens with zero attached hydrogens (tertiary/aromatic N) is 3. The molecule has 104 valence electrons. The van der Waals surface area contributed by atoms with Crippen LogP contribution in [0.3, 0.4) is 0 Å². The lowest BCUT2D eigenvalue weighted by molar-refractivity contribution is 0.324. The maximum absolute atomic E-state index is 9.27. The van der Waals surface area contributed by atoms with Crippen molar-refractivity contribution < 1.29 is 0 Å². The highest BCUT2D eigenvalue weighted by molar-refractivity contribution is 7.99. The van der Waals surface area contributed by atoms with E-state index < -0.39 is 0 Å². The van der Waals surface area contributed by atoms with Gasteiger partial charge in [0.2, 0.25) is 0 Å². The fraction of sp³-hybridized carbons (Fsp3) is 0.375. The number of thioether (sulfide) groups is 1. The second-order valence-electron chi connectivity index (χ2n) is 4.52. The summed E-state index contributed by atoms with van der Waals surface area (Å²) in [7, 11) is 0. The third kappa shape index (κ3) is 3.50. The van der Waals surface area contributed by atoms with E-state index in [1.807, 2.05) is 30.3 Å². The Morgan fingerprint density at radius 3 is 2.70 bits per heavy atom. The fourth-order valence-electron chi connectivity index (χ4n) is 2.10. The predicted molar refractivity (Wildman–Crippen MR) is 85.0 cm³/mol. The molecule has 0 spiro atoms. The van der Waals surface area contributed by atoms with E-state index in [0.717, 1.165) is 41.3 Å². The molecular weight excluding hydrogens is 266 g/mol. The van der Waals surface area contributed by atoms with Crippen LogP contribution in [0, 0.1) is 11.3 Å². The van der Waals surface area contributed by atoms with Crippen LogP contribution in [0.25, 0.3) is 10.9 Å². The van der Waals surface area contributed by atoms with Gasteiger partial charge in [0.15, 0.2) is 0 Å². The molecule has 0 aliphatic heterocycles. The summed E-state index contributed by atoms with van der Waals surface area (Å²) >= 11 is 1.67. The number of pyridine rings is 1. The largest absolute Gasteiger partial charge is 0.303 e. The van der Waals surface area contributed by atoms with Crippen LogP contribution in [0.1, 0.15) is 19.4 Å². The molecule has 4 heteroatoms. The van der Waals surface area contributed by atoms with Crippen molar-refractivity contribution in [1.82, 2.24) is 9.88 Å². The highest BCUT2D eigenvalue weighted by Crippen LogP contribution is 2.24. The van der Waals surface area contributed by atoms with E-state index in [1.165, 1.54) is 0 Å². The third-order valence-electron chi connectivity index (χ3n) is 3.35. The topological polar surface area (TPSA) is 39.9 Å². The van der Waals surface area contributed by atoms with Crippen LogP contribution >= 0.6 is 11.8 Å². The van der Waals surface area contributed by atoms with Crippen LogP contribution in [-0.2, 0) is 0 Å². The van der Waals surface area contributed by atoms with E-state index in [4.69, 9.17) is 0 Å². The lowest BCUT2D eigenvalue weighted by Crippen LogP contribution is -2.25. The summed E-state index contributed by atoms with van der Waals surface area (Å²) in [6.45, 7) is 7.49. The number of fused-ring (bicyclic) bond motifs is 1. The van der Waals surface area contributed by atoms with E-state index in [9.17, 15) is 5.26 Å². The van der Waals surface area contributed by atoms with Crippen LogP contribution in [0.2, 0.25) is 0 Å². The van der Waals surface area contributed by atoms with Gasteiger partial charge in [-0.2, -0.15) is 5.26 Å². The van der Waals surface area contributed by atoms with E-state index >= 15 is 0 Å². The predicted octanol–water partition coefficient (Wildman–Crippen LogP) is 3.54. The van der Waals surface area contributed by atoms with Crippen LogP contribution in [-0.4, -0.2) is 35.3 Å². The van der Waals surface area contributed by atoms with Crippen molar-refractivity contribution in [3.8, 4) is 6.07 Å². The molecule has 1 aromatic heterocycles. The Hall–Kier alpha value is -1.57. The summed E-state index contributed by atoms with van der Waals surface area (Å²) in [5.41, 5.74) is 1.63. The average molecular weight is 285 g/mol. The van der Waals surface area contributed by atoms with E-state index in [-0.39, 0.29) is 0 Å². The van der Waals surface area contributed by atoms with Crippen molar-refractivity contribution in [3.63, 3.8) is 0 Å². The second-order valence-corrected chi connectivity index (χ2v) is 5.60. The Balaban J connectivity index is 2.14. The highest BCUT2D eigenvalue weighted by Gasteiger charge is 2.08. The minimum Gasteiger partial charge on any atom is -0.303 e. The first-order chi connectivity index (χ1) is 9.78. The number of rotatable bonds is 6. The van der Waals surface area contributed by atoms with Crippen molar-refractivity contribution in [2.45, 2.75) is 18.9 Å². The molecule has 0 fully saturated rings. The maximum Gasteiger partial charge on any atom is 0.115 e. The summed E-state index contributed by atoms with van der Waals surface area (Å²) in [6, 6.07) is 12.1. The van der Waals surface area contributed by atoms with Gasteiger partial charge in [0.25, 0.3) is 0 Å². The third-order valence-corrected chi connectivity index (χ3v) is 4.32. The van der Waals surface area contributed by atoms with Crippen LogP contribution in [0.4, 0.5) is 0 Å².